The van der Waals surface area contributed by atoms with E-state index >= 15 is 0 Å². The second-order valence-corrected chi connectivity index (χ2v) is 8.35. The summed E-state index contributed by atoms with van der Waals surface area (Å²) in [5.41, 5.74) is 1.03. The van der Waals surface area contributed by atoms with Crippen molar-refractivity contribution in [1.82, 2.24) is 19.4 Å². The van der Waals surface area contributed by atoms with Crippen molar-refractivity contribution in [1.29, 1.82) is 0 Å². The molecule has 0 radical (unpaired) electrons. The molecule has 1 heterocycles. The molecule has 27 heavy (non-hydrogen) atoms. The molecule has 156 valence electrons. The summed E-state index contributed by atoms with van der Waals surface area (Å²) in [5.74, 6) is 0.0603. The third-order valence-electron chi connectivity index (χ3n) is 4.47. The van der Waals surface area contributed by atoms with Gasteiger partial charge < -0.3 is 10.2 Å². The molecule has 0 aromatic heterocycles. The average Bonchev–Trinajstić information content (AvgIpc) is 2.60. The van der Waals surface area contributed by atoms with Crippen LogP contribution in [-0.4, -0.2) is 88.3 Å². The van der Waals surface area contributed by atoms with Crippen LogP contribution in [0, 0.1) is 6.92 Å². The zero-order valence-corrected chi connectivity index (χ0v) is 18.5. The van der Waals surface area contributed by atoms with Crippen LogP contribution in [0.5, 0.6) is 0 Å². The van der Waals surface area contributed by atoms with Gasteiger partial charge in [0.25, 0.3) is 0 Å². The van der Waals surface area contributed by atoms with Gasteiger partial charge in [-0.3, -0.25) is 9.69 Å². The highest BCUT2D eigenvalue weighted by molar-refractivity contribution is 7.89. The number of nitrogens with one attached hydrogen (secondary N) is 1. The van der Waals surface area contributed by atoms with Gasteiger partial charge in [-0.1, -0.05) is 17.7 Å². The number of aryl methyl sites for hydroxylation is 1. The summed E-state index contributed by atoms with van der Waals surface area (Å²) in [4.78, 5) is 16.2. The smallest absolute Gasteiger partial charge is 0.243 e. The molecule has 7 nitrogen and oxygen atoms in total. The van der Waals surface area contributed by atoms with Gasteiger partial charge in [-0.05, 0) is 26.1 Å². The molecular weight excluding hydrogens is 411 g/mol. The number of carbonyl (C=O) groups excluding carboxylic acids is 1. The van der Waals surface area contributed by atoms with Gasteiger partial charge in [-0.25, -0.2) is 8.42 Å². The molecule has 0 unspecified atom stereocenters. The Morgan fingerprint density at radius 2 is 1.67 bits per heavy atom. The monoisotopic (exact) mass is 440 g/mol. The molecular formula is C17H30Cl2N4O3S. The van der Waals surface area contributed by atoms with E-state index in [0.29, 0.717) is 44.2 Å². The lowest BCUT2D eigenvalue weighted by Gasteiger charge is -2.34. The summed E-state index contributed by atoms with van der Waals surface area (Å²) >= 11 is 0. The van der Waals surface area contributed by atoms with Crippen LogP contribution in [0.25, 0.3) is 0 Å². The first-order valence-electron chi connectivity index (χ1n) is 8.52. The van der Waals surface area contributed by atoms with E-state index in [-0.39, 0.29) is 30.7 Å². The zero-order valence-electron chi connectivity index (χ0n) is 16.1. The Balaban J connectivity index is 0.00000338. The molecule has 1 aromatic carbocycles. The van der Waals surface area contributed by atoms with Gasteiger partial charge in [0, 0.05) is 46.3 Å². The summed E-state index contributed by atoms with van der Waals surface area (Å²) in [7, 11) is 0.187. The quantitative estimate of drug-likeness (QED) is 0.679. The summed E-state index contributed by atoms with van der Waals surface area (Å²) in [6.07, 6.45) is 0. The van der Waals surface area contributed by atoms with Gasteiger partial charge in [0.2, 0.25) is 15.9 Å². The molecule has 0 bridgehead atoms. The van der Waals surface area contributed by atoms with E-state index in [2.05, 4.69) is 5.32 Å². The summed E-state index contributed by atoms with van der Waals surface area (Å²) in [5, 5.41) is 3.02. The Morgan fingerprint density at radius 1 is 1.11 bits per heavy atom. The third-order valence-corrected chi connectivity index (χ3v) is 6.38. The molecule has 1 fully saturated rings. The van der Waals surface area contributed by atoms with Crippen LogP contribution in [0.15, 0.2) is 29.2 Å². The Morgan fingerprint density at radius 3 is 2.19 bits per heavy atom. The van der Waals surface area contributed by atoms with Crippen molar-refractivity contribution in [3.05, 3.63) is 29.8 Å². The van der Waals surface area contributed by atoms with E-state index in [0.717, 1.165) is 12.1 Å². The summed E-state index contributed by atoms with van der Waals surface area (Å²) in [6, 6.07) is 6.92. The lowest BCUT2D eigenvalue weighted by molar-refractivity contribution is -0.131. The van der Waals surface area contributed by atoms with Crippen LogP contribution in [0.4, 0.5) is 0 Å². The normalized spacial score (nSPS) is 15.5. The van der Waals surface area contributed by atoms with E-state index in [1.54, 1.807) is 24.1 Å². The molecule has 1 aromatic rings. The van der Waals surface area contributed by atoms with Crippen LogP contribution in [0.1, 0.15) is 5.56 Å². The zero-order chi connectivity index (χ0) is 18.4. The van der Waals surface area contributed by atoms with Crippen molar-refractivity contribution in [3.8, 4) is 0 Å². The first kappa shape index (κ1) is 26.1. The number of amides is 1. The Bertz CT molecular complexity index is 678. The number of nitrogens with zero attached hydrogens (tertiary/aromatic N) is 3. The molecule has 1 aliphatic rings. The van der Waals surface area contributed by atoms with Gasteiger partial charge in [0.05, 0.1) is 11.4 Å². The van der Waals surface area contributed by atoms with E-state index in [4.69, 9.17) is 0 Å². The van der Waals surface area contributed by atoms with Crippen molar-refractivity contribution in [2.24, 2.45) is 0 Å². The van der Waals surface area contributed by atoms with E-state index in [1.807, 2.05) is 31.0 Å². The van der Waals surface area contributed by atoms with Crippen LogP contribution in [-0.2, 0) is 14.8 Å². The molecule has 10 heteroatoms. The van der Waals surface area contributed by atoms with Gasteiger partial charge in [-0.15, -0.1) is 24.8 Å². The van der Waals surface area contributed by atoms with Crippen LogP contribution in [0.2, 0.25) is 0 Å². The highest BCUT2D eigenvalue weighted by Gasteiger charge is 2.29. The maximum Gasteiger partial charge on any atom is 0.243 e. The van der Waals surface area contributed by atoms with Gasteiger partial charge in [0.15, 0.2) is 0 Å². The second-order valence-electron chi connectivity index (χ2n) is 6.41. The number of piperazine rings is 1. The maximum absolute atomic E-state index is 12.7. The molecule has 0 saturated carbocycles. The SMILES string of the molecule is CNCCN(C)C(=O)CN1CCN(S(=O)(=O)c2ccc(C)cc2)CC1.Cl.Cl. The minimum atomic E-state index is -3.46. The molecule has 0 spiro atoms. The Hall–Kier alpha value is -0.900. The van der Waals surface area contributed by atoms with Crippen molar-refractivity contribution in [2.45, 2.75) is 11.8 Å². The number of rotatable bonds is 7. The highest BCUT2D eigenvalue weighted by atomic mass is 35.5. The lowest BCUT2D eigenvalue weighted by Crippen LogP contribution is -2.51. The number of hydrogen-bond acceptors (Lipinski definition) is 5. The Labute approximate surface area is 174 Å². The van der Waals surface area contributed by atoms with Crippen LogP contribution >= 0.6 is 24.8 Å². The number of benzene rings is 1. The number of hydrogen-bond donors (Lipinski definition) is 1. The third kappa shape index (κ3) is 7.21. The van der Waals surface area contributed by atoms with E-state index in [9.17, 15) is 13.2 Å². The Kier molecular flexibility index (Phi) is 11.4. The largest absolute Gasteiger partial charge is 0.343 e. The highest BCUT2D eigenvalue weighted by Crippen LogP contribution is 2.18. The van der Waals surface area contributed by atoms with E-state index < -0.39 is 10.0 Å². The van der Waals surface area contributed by atoms with Gasteiger partial charge in [-0.2, -0.15) is 4.31 Å². The molecule has 0 aliphatic carbocycles. The van der Waals surface area contributed by atoms with Gasteiger partial charge >= 0.3 is 0 Å². The minimum absolute atomic E-state index is 0. The first-order valence-corrected chi connectivity index (χ1v) is 9.96. The van der Waals surface area contributed by atoms with Crippen LogP contribution < -0.4 is 5.32 Å². The molecule has 1 saturated heterocycles. The number of carbonyl (C=O) groups is 1. The van der Waals surface area contributed by atoms with Crippen molar-refractivity contribution in [3.63, 3.8) is 0 Å². The number of sulfonamides is 1. The predicted octanol–water partition coefficient (Wildman–Crippen LogP) is 0.823. The van der Waals surface area contributed by atoms with Crippen LogP contribution in [0.3, 0.4) is 0 Å². The van der Waals surface area contributed by atoms with Crippen molar-refractivity contribution < 1.29 is 13.2 Å². The number of halogens is 2. The molecule has 1 aliphatic heterocycles. The fourth-order valence-corrected chi connectivity index (χ4v) is 4.13. The number of likely N-dealkylation sites (N-methyl/N-ethyl adjacent to an activating group) is 2. The lowest BCUT2D eigenvalue weighted by atomic mass is 10.2. The second kappa shape index (κ2) is 11.8. The molecule has 1 amide bonds. The molecule has 0 atom stereocenters. The standard InChI is InChI=1S/C17H28N4O3S.2ClH/c1-15-4-6-16(7-5-15)25(23,24)21-12-10-20(11-13-21)14-17(22)19(3)9-8-18-2;;/h4-7,18H,8-14H2,1-3H3;2*1H. The topological polar surface area (TPSA) is 73.0 Å². The fraction of sp³-hybridized carbons (Fsp3) is 0.588. The molecule has 2 rings (SSSR count). The van der Waals surface area contributed by atoms with Crippen molar-refractivity contribution >= 4 is 40.7 Å². The average molecular weight is 441 g/mol. The van der Waals surface area contributed by atoms with E-state index in [1.165, 1.54) is 4.31 Å². The first-order chi connectivity index (χ1) is 11.8. The summed E-state index contributed by atoms with van der Waals surface area (Å²) < 4.78 is 26.9. The minimum Gasteiger partial charge on any atom is -0.343 e. The molecule has 1 N–H and O–H groups in total. The summed E-state index contributed by atoms with van der Waals surface area (Å²) in [6.45, 7) is 5.63. The van der Waals surface area contributed by atoms with Crippen molar-refractivity contribution in [2.75, 3.05) is 59.9 Å². The fourth-order valence-electron chi connectivity index (χ4n) is 2.70. The van der Waals surface area contributed by atoms with Gasteiger partial charge in [0.1, 0.15) is 0 Å². The predicted molar refractivity (Wildman–Crippen MR) is 112 cm³/mol. The maximum atomic E-state index is 12.7.